The van der Waals surface area contributed by atoms with Crippen LogP contribution >= 0.6 is 0 Å². The summed E-state index contributed by atoms with van der Waals surface area (Å²) in [4.78, 5) is 8.72. The third kappa shape index (κ3) is 4.44. The SMILES string of the molecule is COCCOc1nc(COC)nc(NC2CCCC2)c1N. The monoisotopic (exact) mass is 296 g/mol. The fraction of sp³-hybridized carbons (Fsp3) is 0.714. The molecule has 0 atom stereocenters. The van der Waals surface area contributed by atoms with E-state index in [0.717, 1.165) is 12.8 Å². The molecule has 1 aliphatic rings. The van der Waals surface area contributed by atoms with Crippen molar-refractivity contribution >= 4 is 11.5 Å². The number of nitrogen functional groups attached to an aromatic ring is 1. The van der Waals surface area contributed by atoms with E-state index in [-0.39, 0.29) is 0 Å². The van der Waals surface area contributed by atoms with Crippen LogP contribution in [0.2, 0.25) is 0 Å². The molecule has 0 spiro atoms. The molecular formula is C14H24N4O3. The summed E-state index contributed by atoms with van der Waals surface area (Å²) in [6.07, 6.45) is 4.77. The van der Waals surface area contributed by atoms with E-state index in [2.05, 4.69) is 15.3 Å². The van der Waals surface area contributed by atoms with Crippen molar-refractivity contribution < 1.29 is 14.2 Å². The van der Waals surface area contributed by atoms with Gasteiger partial charge in [0.1, 0.15) is 18.9 Å². The molecule has 118 valence electrons. The van der Waals surface area contributed by atoms with Gasteiger partial charge in [-0.1, -0.05) is 12.8 Å². The predicted octanol–water partition coefficient (Wildman–Crippen LogP) is 1.58. The first kappa shape index (κ1) is 15.8. The van der Waals surface area contributed by atoms with Gasteiger partial charge in [0.25, 0.3) is 0 Å². The van der Waals surface area contributed by atoms with Crippen LogP contribution in [-0.2, 0) is 16.1 Å². The van der Waals surface area contributed by atoms with Gasteiger partial charge in [0, 0.05) is 20.3 Å². The van der Waals surface area contributed by atoms with Gasteiger partial charge < -0.3 is 25.3 Å². The highest BCUT2D eigenvalue weighted by atomic mass is 16.5. The number of hydrogen-bond acceptors (Lipinski definition) is 7. The second-order valence-corrected chi connectivity index (χ2v) is 5.11. The summed E-state index contributed by atoms with van der Waals surface area (Å²) in [5.41, 5.74) is 6.56. The second-order valence-electron chi connectivity index (χ2n) is 5.11. The second kappa shape index (κ2) is 7.99. The number of methoxy groups -OCH3 is 2. The molecule has 3 N–H and O–H groups in total. The van der Waals surface area contributed by atoms with Gasteiger partial charge in [-0.05, 0) is 12.8 Å². The standard InChI is InChI=1S/C14H24N4O3/c1-19-7-8-21-14-12(15)13(16-10-5-3-4-6-10)17-11(18-14)9-20-2/h10H,3-9,15H2,1-2H3,(H,16,17,18). The average molecular weight is 296 g/mol. The Hall–Kier alpha value is -1.60. The van der Waals surface area contributed by atoms with E-state index in [9.17, 15) is 0 Å². The van der Waals surface area contributed by atoms with E-state index in [4.69, 9.17) is 19.9 Å². The molecule has 1 aromatic rings. The molecular weight excluding hydrogens is 272 g/mol. The van der Waals surface area contributed by atoms with Gasteiger partial charge in [-0.15, -0.1) is 0 Å². The number of rotatable bonds is 8. The molecule has 0 bridgehead atoms. The summed E-state index contributed by atoms with van der Waals surface area (Å²) < 4.78 is 15.6. The number of anilines is 2. The highest BCUT2D eigenvalue weighted by molar-refractivity contribution is 5.67. The number of nitrogens with one attached hydrogen (secondary N) is 1. The zero-order chi connectivity index (χ0) is 15.1. The third-order valence-electron chi connectivity index (χ3n) is 3.45. The van der Waals surface area contributed by atoms with Crippen molar-refractivity contribution in [3.05, 3.63) is 5.82 Å². The van der Waals surface area contributed by atoms with Crippen LogP contribution in [0, 0.1) is 0 Å². The summed E-state index contributed by atoms with van der Waals surface area (Å²) in [6, 6.07) is 0.421. The van der Waals surface area contributed by atoms with Crippen molar-refractivity contribution in [3.63, 3.8) is 0 Å². The normalized spacial score (nSPS) is 15.3. The van der Waals surface area contributed by atoms with Crippen molar-refractivity contribution in [2.24, 2.45) is 0 Å². The van der Waals surface area contributed by atoms with Gasteiger partial charge in [-0.3, -0.25) is 0 Å². The molecule has 1 aromatic heterocycles. The van der Waals surface area contributed by atoms with Crippen LogP contribution in [0.1, 0.15) is 31.5 Å². The Morgan fingerprint density at radius 2 is 1.90 bits per heavy atom. The molecule has 1 heterocycles. The summed E-state index contributed by atoms with van der Waals surface area (Å²) >= 11 is 0. The number of nitrogens with two attached hydrogens (primary N) is 1. The molecule has 7 nitrogen and oxygen atoms in total. The lowest BCUT2D eigenvalue weighted by Gasteiger charge is -2.17. The quantitative estimate of drug-likeness (QED) is 0.704. The Morgan fingerprint density at radius 3 is 2.57 bits per heavy atom. The summed E-state index contributed by atoms with van der Waals surface area (Å²) in [6.45, 7) is 1.20. The Labute approximate surface area is 125 Å². The molecule has 0 unspecified atom stereocenters. The summed E-state index contributed by atoms with van der Waals surface area (Å²) in [5, 5.41) is 3.40. The van der Waals surface area contributed by atoms with Crippen LogP contribution in [0.15, 0.2) is 0 Å². The van der Waals surface area contributed by atoms with Crippen molar-refractivity contribution in [1.82, 2.24) is 9.97 Å². The minimum atomic E-state index is 0.320. The number of nitrogens with zero attached hydrogens (tertiary/aromatic N) is 2. The first-order valence-corrected chi connectivity index (χ1v) is 7.28. The minimum absolute atomic E-state index is 0.320. The lowest BCUT2D eigenvalue weighted by molar-refractivity contribution is 0.142. The average Bonchev–Trinajstić information content (AvgIpc) is 2.97. The first-order chi connectivity index (χ1) is 10.2. The Bertz CT molecular complexity index is 450. The van der Waals surface area contributed by atoms with Crippen molar-refractivity contribution in [2.45, 2.75) is 38.3 Å². The molecule has 2 rings (SSSR count). The van der Waals surface area contributed by atoms with Gasteiger partial charge in [0.15, 0.2) is 11.6 Å². The first-order valence-electron chi connectivity index (χ1n) is 7.28. The Kier molecular flexibility index (Phi) is 6.01. The van der Waals surface area contributed by atoms with E-state index in [1.54, 1.807) is 14.2 Å². The van der Waals surface area contributed by atoms with Gasteiger partial charge in [-0.2, -0.15) is 4.98 Å². The topological polar surface area (TPSA) is 91.5 Å². The molecule has 0 aromatic carbocycles. The molecule has 0 aliphatic heterocycles. The van der Waals surface area contributed by atoms with Crippen LogP contribution in [0.25, 0.3) is 0 Å². The van der Waals surface area contributed by atoms with Crippen molar-refractivity contribution in [2.75, 3.05) is 38.5 Å². The van der Waals surface area contributed by atoms with E-state index < -0.39 is 0 Å². The lowest BCUT2D eigenvalue weighted by Crippen LogP contribution is -2.19. The number of hydrogen-bond donors (Lipinski definition) is 2. The maximum absolute atomic E-state index is 6.11. The Morgan fingerprint density at radius 1 is 1.14 bits per heavy atom. The Balaban J connectivity index is 2.15. The number of ether oxygens (including phenoxy) is 3. The molecule has 0 amide bonds. The molecule has 1 saturated carbocycles. The van der Waals surface area contributed by atoms with Crippen LogP contribution in [0.4, 0.5) is 11.5 Å². The van der Waals surface area contributed by atoms with Crippen LogP contribution in [0.5, 0.6) is 5.88 Å². The molecule has 1 aliphatic carbocycles. The fourth-order valence-corrected chi connectivity index (χ4v) is 2.39. The molecule has 0 saturated heterocycles. The van der Waals surface area contributed by atoms with E-state index in [1.807, 2.05) is 0 Å². The van der Waals surface area contributed by atoms with E-state index in [1.165, 1.54) is 12.8 Å². The fourth-order valence-electron chi connectivity index (χ4n) is 2.39. The predicted molar refractivity (Wildman–Crippen MR) is 80.4 cm³/mol. The zero-order valence-electron chi connectivity index (χ0n) is 12.7. The minimum Gasteiger partial charge on any atom is -0.474 e. The smallest absolute Gasteiger partial charge is 0.243 e. The summed E-state index contributed by atoms with van der Waals surface area (Å²) in [7, 11) is 3.23. The highest BCUT2D eigenvalue weighted by Crippen LogP contribution is 2.29. The molecule has 1 fully saturated rings. The van der Waals surface area contributed by atoms with Crippen LogP contribution in [0.3, 0.4) is 0 Å². The van der Waals surface area contributed by atoms with Crippen LogP contribution in [-0.4, -0.2) is 43.4 Å². The molecule has 21 heavy (non-hydrogen) atoms. The van der Waals surface area contributed by atoms with E-state index >= 15 is 0 Å². The third-order valence-corrected chi connectivity index (χ3v) is 3.45. The van der Waals surface area contributed by atoms with E-state index in [0.29, 0.717) is 49.1 Å². The highest BCUT2D eigenvalue weighted by Gasteiger charge is 2.19. The summed E-state index contributed by atoms with van der Waals surface area (Å²) in [5.74, 6) is 1.57. The van der Waals surface area contributed by atoms with Gasteiger partial charge >= 0.3 is 0 Å². The number of aromatic nitrogens is 2. The van der Waals surface area contributed by atoms with Gasteiger partial charge in [-0.25, -0.2) is 4.98 Å². The maximum atomic E-state index is 6.11. The maximum Gasteiger partial charge on any atom is 0.243 e. The zero-order valence-corrected chi connectivity index (χ0v) is 12.7. The molecule has 0 radical (unpaired) electrons. The molecule has 7 heteroatoms. The van der Waals surface area contributed by atoms with Crippen molar-refractivity contribution in [3.8, 4) is 5.88 Å². The largest absolute Gasteiger partial charge is 0.474 e. The van der Waals surface area contributed by atoms with Gasteiger partial charge in [0.2, 0.25) is 5.88 Å². The van der Waals surface area contributed by atoms with Gasteiger partial charge in [0.05, 0.1) is 6.61 Å². The lowest BCUT2D eigenvalue weighted by atomic mass is 10.2. The van der Waals surface area contributed by atoms with Crippen molar-refractivity contribution in [1.29, 1.82) is 0 Å². The van der Waals surface area contributed by atoms with Crippen LogP contribution < -0.4 is 15.8 Å².